The molecular weight excluding hydrogens is 388 g/mol. The number of ether oxygens (including phenoxy) is 2. The van der Waals surface area contributed by atoms with Gasteiger partial charge in [-0.3, -0.25) is 4.90 Å². The van der Waals surface area contributed by atoms with Crippen molar-refractivity contribution < 1.29 is 17.9 Å². The summed E-state index contributed by atoms with van der Waals surface area (Å²) in [5.74, 6) is 0.926. The first-order valence-corrected chi connectivity index (χ1v) is 11.3. The van der Waals surface area contributed by atoms with Gasteiger partial charge in [-0.1, -0.05) is 30.3 Å². The van der Waals surface area contributed by atoms with Gasteiger partial charge in [0.15, 0.2) is 11.5 Å². The molecule has 1 heterocycles. The van der Waals surface area contributed by atoms with E-state index in [1.807, 2.05) is 6.07 Å². The summed E-state index contributed by atoms with van der Waals surface area (Å²) in [5, 5.41) is 0. The maximum atomic E-state index is 13.2. The van der Waals surface area contributed by atoms with E-state index >= 15 is 0 Å². The molecule has 158 valence electrons. The monoisotopic (exact) mass is 418 g/mol. The molecule has 1 aliphatic heterocycles. The Kier molecular flexibility index (Phi) is 6.82. The normalized spacial score (nSPS) is 21.1. The molecule has 6 nitrogen and oxygen atoms in total. The highest BCUT2D eigenvalue weighted by Gasteiger charge is 2.36. The Balaban J connectivity index is 1.73. The van der Waals surface area contributed by atoms with Gasteiger partial charge in [0, 0.05) is 37.8 Å². The summed E-state index contributed by atoms with van der Waals surface area (Å²) in [6, 6.07) is 15.4. The summed E-state index contributed by atoms with van der Waals surface area (Å²) in [6.07, 6.45) is 0.956. The molecule has 1 aliphatic rings. The third kappa shape index (κ3) is 4.74. The van der Waals surface area contributed by atoms with E-state index in [4.69, 9.17) is 9.47 Å². The minimum atomic E-state index is -3.60. The molecule has 2 unspecified atom stereocenters. The van der Waals surface area contributed by atoms with Gasteiger partial charge in [0.25, 0.3) is 0 Å². The molecule has 0 amide bonds. The van der Waals surface area contributed by atoms with Gasteiger partial charge in [0.1, 0.15) is 0 Å². The van der Waals surface area contributed by atoms with E-state index in [2.05, 4.69) is 43.0 Å². The molecule has 2 aromatic rings. The van der Waals surface area contributed by atoms with E-state index in [0.29, 0.717) is 24.6 Å². The standard InChI is InChI=1S/C22H30N2O4S/c1-17-15-23(16-18(2)24(17)13-12-19-8-6-5-7-9-19)29(25,26)20-10-11-21(27-3)22(14-20)28-4/h5-11,14,17-18H,12-13,15-16H2,1-4H3. The number of methoxy groups -OCH3 is 2. The van der Waals surface area contributed by atoms with Gasteiger partial charge in [0.2, 0.25) is 10.0 Å². The van der Waals surface area contributed by atoms with E-state index in [1.54, 1.807) is 16.4 Å². The molecule has 0 aromatic heterocycles. The fourth-order valence-electron chi connectivity index (χ4n) is 3.97. The van der Waals surface area contributed by atoms with E-state index < -0.39 is 10.0 Å². The van der Waals surface area contributed by atoms with Crippen molar-refractivity contribution in [3.8, 4) is 11.5 Å². The lowest BCUT2D eigenvalue weighted by molar-refractivity contribution is 0.0783. The van der Waals surface area contributed by atoms with Crippen molar-refractivity contribution in [1.82, 2.24) is 9.21 Å². The summed E-state index contributed by atoms with van der Waals surface area (Å²) in [4.78, 5) is 2.63. The smallest absolute Gasteiger partial charge is 0.243 e. The van der Waals surface area contributed by atoms with Crippen LogP contribution in [0.4, 0.5) is 0 Å². The zero-order valence-electron chi connectivity index (χ0n) is 17.5. The van der Waals surface area contributed by atoms with Crippen LogP contribution in [0.25, 0.3) is 0 Å². The number of hydrogen-bond donors (Lipinski definition) is 0. The Morgan fingerprint density at radius 1 is 0.931 bits per heavy atom. The highest BCUT2D eigenvalue weighted by atomic mass is 32.2. The van der Waals surface area contributed by atoms with E-state index in [1.165, 1.54) is 25.8 Å². The molecule has 0 radical (unpaired) electrons. The molecule has 0 bridgehead atoms. The van der Waals surface area contributed by atoms with Gasteiger partial charge >= 0.3 is 0 Å². The summed E-state index contributed by atoms with van der Waals surface area (Å²) in [7, 11) is -0.569. The first-order valence-electron chi connectivity index (χ1n) is 9.88. The molecule has 0 spiro atoms. The average Bonchev–Trinajstić information content (AvgIpc) is 2.73. The summed E-state index contributed by atoms with van der Waals surface area (Å²) >= 11 is 0. The number of nitrogens with zero attached hydrogens (tertiary/aromatic N) is 2. The molecule has 2 atom stereocenters. The summed E-state index contributed by atoms with van der Waals surface area (Å²) < 4.78 is 38.6. The second-order valence-electron chi connectivity index (χ2n) is 7.51. The lowest BCUT2D eigenvalue weighted by atomic mass is 10.1. The van der Waals surface area contributed by atoms with Crippen molar-refractivity contribution in [3.05, 3.63) is 54.1 Å². The van der Waals surface area contributed by atoms with Gasteiger partial charge in [-0.05, 0) is 38.0 Å². The molecule has 29 heavy (non-hydrogen) atoms. The molecule has 7 heteroatoms. The van der Waals surface area contributed by atoms with Crippen molar-refractivity contribution in [2.45, 2.75) is 37.2 Å². The molecule has 3 rings (SSSR count). The fourth-order valence-corrected chi connectivity index (χ4v) is 5.59. The van der Waals surface area contributed by atoms with Crippen LogP contribution in [0.2, 0.25) is 0 Å². The fraction of sp³-hybridized carbons (Fsp3) is 0.455. The van der Waals surface area contributed by atoms with Gasteiger partial charge in [-0.2, -0.15) is 4.31 Å². The van der Waals surface area contributed by atoms with Gasteiger partial charge in [-0.15, -0.1) is 0 Å². The number of piperazine rings is 1. The predicted molar refractivity (Wildman–Crippen MR) is 114 cm³/mol. The van der Waals surface area contributed by atoms with Crippen LogP contribution in [-0.4, -0.2) is 63.6 Å². The molecule has 2 aromatic carbocycles. The zero-order valence-corrected chi connectivity index (χ0v) is 18.4. The van der Waals surface area contributed by atoms with Crippen LogP contribution in [0.5, 0.6) is 11.5 Å². The van der Waals surface area contributed by atoms with Crippen molar-refractivity contribution in [2.24, 2.45) is 0 Å². The van der Waals surface area contributed by atoms with E-state index in [-0.39, 0.29) is 17.0 Å². The molecule has 0 saturated carbocycles. The topological polar surface area (TPSA) is 59.1 Å². The van der Waals surface area contributed by atoms with Crippen LogP contribution in [0.3, 0.4) is 0 Å². The molecular formula is C22H30N2O4S. The first-order chi connectivity index (χ1) is 13.9. The quantitative estimate of drug-likeness (QED) is 0.692. The Morgan fingerprint density at radius 3 is 2.14 bits per heavy atom. The predicted octanol–water partition coefficient (Wildman–Crippen LogP) is 3.03. The second-order valence-corrected chi connectivity index (χ2v) is 9.45. The molecule has 1 saturated heterocycles. The molecule has 0 N–H and O–H groups in total. The van der Waals surface area contributed by atoms with Crippen LogP contribution in [-0.2, 0) is 16.4 Å². The minimum Gasteiger partial charge on any atom is -0.493 e. The van der Waals surface area contributed by atoms with Crippen LogP contribution in [0, 0.1) is 0 Å². The Hall–Kier alpha value is -2.09. The van der Waals surface area contributed by atoms with Crippen LogP contribution >= 0.6 is 0 Å². The highest BCUT2D eigenvalue weighted by molar-refractivity contribution is 7.89. The average molecular weight is 419 g/mol. The number of sulfonamides is 1. The van der Waals surface area contributed by atoms with Gasteiger partial charge < -0.3 is 9.47 Å². The molecule has 1 fully saturated rings. The number of benzene rings is 2. The van der Waals surface area contributed by atoms with Crippen molar-refractivity contribution in [2.75, 3.05) is 33.9 Å². The number of rotatable bonds is 7. The van der Waals surface area contributed by atoms with Gasteiger partial charge in [-0.25, -0.2) is 8.42 Å². The van der Waals surface area contributed by atoms with Crippen molar-refractivity contribution >= 4 is 10.0 Å². The third-order valence-electron chi connectivity index (χ3n) is 5.56. The van der Waals surface area contributed by atoms with Gasteiger partial charge in [0.05, 0.1) is 19.1 Å². The first kappa shape index (κ1) is 21.6. The summed E-state index contributed by atoms with van der Waals surface area (Å²) in [5.41, 5.74) is 1.30. The maximum absolute atomic E-state index is 13.2. The lowest BCUT2D eigenvalue weighted by Crippen LogP contribution is -2.58. The van der Waals surface area contributed by atoms with Crippen molar-refractivity contribution in [1.29, 1.82) is 0 Å². The number of hydrogen-bond acceptors (Lipinski definition) is 5. The Morgan fingerprint density at radius 2 is 1.55 bits per heavy atom. The SMILES string of the molecule is COc1ccc(S(=O)(=O)N2CC(C)N(CCc3ccccc3)C(C)C2)cc1OC. The largest absolute Gasteiger partial charge is 0.493 e. The Labute approximate surface area is 174 Å². The zero-order chi connectivity index (χ0) is 21.0. The van der Waals surface area contributed by atoms with Crippen molar-refractivity contribution in [3.63, 3.8) is 0 Å². The lowest BCUT2D eigenvalue weighted by Gasteiger charge is -2.43. The van der Waals surface area contributed by atoms with Crippen LogP contribution < -0.4 is 9.47 Å². The highest BCUT2D eigenvalue weighted by Crippen LogP contribution is 2.31. The van der Waals surface area contributed by atoms with E-state index in [9.17, 15) is 8.42 Å². The second kappa shape index (κ2) is 9.15. The third-order valence-corrected chi connectivity index (χ3v) is 7.39. The van der Waals surface area contributed by atoms with Crippen LogP contribution in [0.1, 0.15) is 19.4 Å². The van der Waals surface area contributed by atoms with Crippen LogP contribution in [0.15, 0.2) is 53.4 Å². The maximum Gasteiger partial charge on any atom is 0.243 e. The minimum absolute atomic E-state index is 0.136. The molecule has 0 aliphatic carbocycles. The summed E-state index contributed by atoms with van der Waals surface area (Å²) in [6.45, 7) is 6.04. The Bertz CT molecular complexity index is 906. The van der Waals surface area contributed by atoms with E-state index in [0.717, 1.165) is 13.0 Å².